The lowest BCUT2D eigenvalue weighted by molar-refractivity contribution is -0.137. The van der Waals surface area contributed by atoms with Crippen LogP contribution >= 0.6 is 0 Å². The molecule has 3 fully saturated rings. The molecule has 1 aromatic heterocycles. The van der Waals surface area contributed by atoms with E-state index >= 15 is 0 Å². The number of amides is 1. The minimum Gasteiger partial charge on any atom is -0.344 e. The number of piperazine rings is 1. The highest BCUT2D eigenvalue weighted by atomic mass is 32.2. The van der Waals surface area contributed by atoms with Crippen LogP contribution in [0.4, 0.5) is 0 Å². The SMILES string of the molecule is Cc1cc(C(=O)CN2CCN(C(=O)C3CCCC3)CC2)c(C)n1C1CCS(=O)(=O)C1. The number of aromatic nitrogens is 1. The number of sulfone groups is 1. The van der Waals surface area contributed by atoms with Crippen molar-refractivity contribution in [3.63, 3.8) is 0 Å². The van der Waals surface area contributed by atoms with Crippen molar-refractivity contribution in [3.8, 4) is 0 Å². The lowest BCUT2D eigenvalue weighted by atomic mass is 10.1. The standard InChI is InChI=1S/C22H33N3O4S/c1-16-13-20(17(2)25(16)19-7-12-30(28,29)15-19)21(26)14-23-8-10-24(11-9-23)22(27)18-5-3-4-6-18/h13,18-19H,3-12,14-15H2,1-2H3. The maximum absolute atomic E-state index is 13.0. The van der Waals surface area contributed by atoms with E-state index in [0.29, 0.717) is 37.5 Å². The minimum atomic E-state index is -2.98. The number of ketones is 1. The highest BCUT2D eigenvalue weighted by Gasteiger charge is 2.33. The van der Waals surface area contributed by atoms with Crippen LogP contribution in [0.15, 0.2) is 6.07 Å². The van der Waals surface area contributed by atoms with E-state index in [1.54, 1.807) is 0 Å². The summed E-state index contributed by atoms with van der Waals surface area (Å²) in [6.07, 6.45) is 4.99. The second kappa shape index (κ2) is 8.46. The lowest BCUT2D eigenvalue weighted by Gasteiger charge is -2.35. The van der Waals surface area contributed by atoms with Crippen LogP contribution in [0.2, 0.25) is 0 Å². The number of hydrogen-bond donors (Lipinski definition) is 0. The van der Waals surface area contributed by atoms with E-state index in [1.807, 2.05) is 29.4 Å². The number of rotatable bonds is 5. The topological polar surface area (TPSA) is 79.7 Å². The van der Waals surface area contributed by atoms with Crippen molar-refractivity contribution >= 4 is 21.5 Å². The van der Waals surface area contributed by atoms with E-state index in [-0.39, 0.29) is 29.2 Å². The van der Waals surface area contributed by atoms with Gasteiger partial charge in [-0.2, -0.15) is 0 Å². The van der Waals surface area contributed by atoms with E-state index in [9.17, 15) is 18.0 Å². The maximum Gasteiger partial charge on any atom is 0.225 e. The van der Waals surface area contributed by atoms with Gasteiger partial charge in [0.05, 0.1) is 18.1 Å². The Hall–Kier alpha value is -1.67. The fraction of sp³-hybridized carbons (Fsp3) is 0.727. The van der Waals surface area contributed by atoms with Crippen LogP contribution in [-0.4, -0.2) is 78.7 Å². The van der Waals surface area contributed by atoms with Crippen LogP contribution in [0.25, 0.3) is 0 Å². The third-order valence-corrected chi connectivity index (χ3v) is 8.86. The van der Waals surface area contributed by atoms with Gasteiger partial charge in [0.2, 0.25) is 5.91 Å². The van der Waals surface area contributed by atoms with Crippen LogP contribution in [-0.2, 0) is 14.6 Å². The molecule has 7 nitrogen and oxygen atoms in total. The Labute approximate surface area is 179 Å². The van der Waals surface area contributed by atoms with Crippen molar-refractivity contribution in [1.29, 1.82) is 0 Å². The third kappa shape index (κ3) is 4.35. The van der Waals surface area contributed by atoms with Crippen LogP contribution < -0.4 is 0 Å². The molecule has 166 valence electrons. The first-order valence-corrected chi connectivity index (χ1v) is 13.0. The average molecular weight is 436 g/mol. The molecule has 1 unspecified atom stereocenters. The van der Waals surface area contributed by atoms with Gasteiger partial charge in [0.1, 0.15) is 0 Å². The normalized spacial score (nSPS) is 25.1. The Kier molecular flexibility index (Phi) is 6.08. The molecule has 0 N–H and O–H groups in total. The summed E-state index contributed by atoms with van der Waals surface area (Å²) in [5, 5.41) is 0. The summed E-state index contributed by atoms with van der Waals surface area (Å²) in [4.78, 5) is 29.7. The molecule has 1 aromatic rings. The summed E-state index contributed by atoms with van der Waals surface area (Å²) in [7, 11) is -2.98. The van der Waals surface area contributed by atoms with Crippen LogP contribution in [0, 0.1) is 19.8 Å². The van der Waals surface area contributed by atoms with Gasteiger partial charge in [0, 0.05) is 55.1 Å². The second-order valence-electron chi connectivity index (χ2n) is 9.22. The van der Waals surface area contributed by atoms with Gasteiger partial charge in [0.25, 0.3) is 0 Å². The van der Waals surface area contributed by atoms with Crippen molar-refractivity contribution in [2.45, 2.75) is 52.0 Å². The number of aryl methyl sites for hydroxylation is 1. The molecule has 1 atom stereocenters. The van der Waals surface area contributed by atoms with Gasteiger partial charge in [-0.3, -0.25) is 14.5 Å². The number of nitrogens with zero attached hydrogens (tertiary/aromatic N) is 3. The van der Waals surface area contributed by atoms with E-state index in [1.165, 1.54) is 0 Å². The largest absolute Gasteiger partial charge is 0.344 e. The summed E-state index contributed by atoms with van der Waals surface area (Å²) in [5.74, 6) is 0.970. The molecule has 3 heterocycles. The molecule has 1 saturated carbocycles. The molecule has 0 spiro atoms. The van der Waals surface area contributed by atoms with E-state index in [4.69, 9.17) is 0 Å². The van der Waals surface area contributed by atoms with Crippen molar-refractivity contribution < 1.29 is 18.0 Å². The van der Waals surface area contributed by atoms with Crippen molar-refractivity contribution in [1.82, 2.24) is 14.4 Å². The van der Waals surface area contributed by atoms with Gasteiger partial charge in [-0.15, -0.1) is 0 Å². The predicted molar refractivity (Wildman–Crippen MR) is 116 cm³/mol. The van der Waals surface area contributed by atoms with Crippen molar-refractivity contribution in [3.05, 3.63) is 23.0 Å². The maximum atomic E-state index is 13.0. The second-order valence-corrected chi connectivity index (χ2v) is 11.4. The smallest absolute Gasteiger partial charge is 0.225 e. The molecule has 1 aliphatic carbocycles. The Morgan fingerprint density at radius 2 is 1.70 bits per heavy atom. The Morgan fingerprint density at radius 3 is 2.30 bits per heavy atom. The van der Waals surface area contributed by atoms with Gasteiger partial charge in [0.15, 0.2) is 15.6 Å². The van der Waals surface area contributed by atoms with Crippen LogP contribution in [0.3, 0.4) is 0 Å². The van der Waals surface area contributed by atoms with Gasteiger partial charge < -0.3 is 9.47 Å². The average Bonchev–Trinajstić information content (AvgIpc) is 3.41. The zero-order chi connectivity index (χ0) is 21.5. The van der Waals surface area contributed by atoms with Gasteiger partial charge in [-0.1, -0.05) is 12.8 Å². The molecule has 0 bridgehead atoms. The summed E-state index contributed by atoms with van der Waals surface area (Å²) in [5.41, 5.74) is 2.51. The van der Waals surface area contributed by atoms with Gasteiger partial charge in [-0.05, 0) is 39.2 Å². The molecule has 3 aliphatic rings. The van der Waals surface area contributed by atoms with Crippen molar-refractivity contribution in [2.24, 2.45) is 5.92 Å². The summed E-state index contributed by atoms with van der Waals surface area (Å²) in [6.45, 7) is 7.06. The number of carbonyl (C=O) groups excluding carboxylic acids is 2. The molecule has 8 heteroatoms. The molecule has 0 radical (unpaired) electrons. The number of carbonyl (C=O) groups is 2. The fourth-order valence-corrected chi connectivity index (χ4v) is 7.15. The highest BCUT2D eigenvalue weighted by Crippen LogP contribution is 2.30. The molecule has 2 aliphatic heterocycles. The molecular weight excluding hydrogens is 402 g/mol. The van der Waals surface area contributed by atoms with Gasteiger partial charge >= 0.3 is 0 Å². The summed E-state index contributed by atoms with van der Waals surface area (Å²) in [6, 6.07) is 1.84. The molecule has 0 aromatic carbocycles. The predicted octanol–water partition coefficient (Wildman–Crippen LogP) is 1.98. The summed E-state index contributed by atoms with van der Waals surface area (Å²) >= 11 is 0. The lowest BCUT2D eigenvalue weighted by Crippen LogP contribution is -2.51. The monoisotopic (exact) mass is 435 g/mol. The molecule has 4 rings (SSSR count). The zero-order valence-corrected chi connectivity index (χ0v) is 18.9. The van der Waals surface area contributed by atoms with Gasteiger partial charge in [-0.25, -0.2) is 8.42 Å². The Bertz CT molecular complexity index is 922. The quantitative estimate of drug-likeness (QED) is 0.661. The molecule has 2 saturated heterocycles. The van der Waals surface area contributed by atoms with Crippen molar-refractivity contribution in [2.75, 3.05) is 44.2 Å². The van der Waals surface area contributed by atoms with Crippen LogP contribution in [0.5, 0.6) is 0 Å². The first-order chi connectivity index (χ1) is 14.2. The van der Waals surface area contributed by atoms with E-state index < -0.39 is 9.84 Å². The van der Waals surface area contributed by atoms with E-state index in [0.717, 1.165) is 50.2 Å². The highest BCUT2D eigenvalue weighted by molar-refractivity contribution is 7.91. The minimum absolute atomic E-state index is 0.0679. The molecule has 1 amide bonds. The third-order valence-electron chi connectivity index (χ3n) is 7.11. The summed E-state index contributed by atoms with van der Waals surface area (Å²) < 4.78 is 25.8. The first kappa shape index (κ1) is 21.6. The zero-order valence-electron chi connectivity index (χ0n) is 18.1. The number of hydrogen-bond acceptors (Lipinski definition) is 5. The molecular formula is C22H33N3O4S. The number of Topliss-reactive ketones (excluding diaryl/α,β-unsaturated/α-hetero) is 1. The molecule has 30 heavy (non-hydrogen) atoms. The van der Waals surface area contributed by atoms with E-state index in [2.05, 4.69) is 4.90 Å². The Balaban J connectivity index is 1.36. The Morgan fingerprint density at radius 1 is 1.03 bits per heavy atom. The van der Waals surface area contributed by atoms with Crippen LogP contribution in [0.1, 0.15) is 59.9 Å². The fourth-order valence-electron chi connectivity index (χ4n) is 5.45. The first-order valence-electron chi connectivity index (χ1n) is 11.2.